The molecule has 0 heterocycles. The minimum Gasteiger partial charge on any atom is -0.487 e. The molecule has 59 heavy (non-hydrogen) atoms. The number of hydrogen-bond acceptors (Lipinski definition) is 3. The minimum absolute atomic E-state index is 0.196. The van der Waals surface area contributed by atoms with Crippen molar-refractivity contribution in [1.82, 2.24) is 0 Å². The third-order valence-electron chi connectivity index (χ3n) is 8.63. The Morgan fingerprint density at radius 1 is 0.288 bits per heavy atom. The van der Waals surface area contributed by atoms with Crippen molar-refractivity contribution in [1.29, 1.82) is 0 Å². The van der Waals surface area contributed by atoms with Gasteiger partial charge >= 0.3 is 7.32 Å². The first kappa shape index (κ1) is 40.5. The molecular weight excluding hydrogens is 838 g/mol. The lowest BCUT2D eigenvalue weighted by Crippen LogP contribution is -2.38. The molecule has 7 aromatic rings. The van der Waals surface area contributed by atoms with Crippen LogP contribution in [0.4, 0.5) is 74.6 Å². The van der Waals surface area contributed by atoms with Crippen LogP contribution in [0.25, 0.3) is 43.8 Å². The van der Waals surface area contributed by atoms with Crippen LogP contribution in [0, 0.1) is 98.9 Å². The van der Waals surface area contributed by atoms with Crippen LogP contribution >= 0.6 is 0 Å². The molecule has 0 fully saturated rings. The van der Waals surface area contributed by atoms with Gasteiger partial charge in [-0.05, 0) is 35.0 Å². The molecule has 0 aliphatic carbocycles. The highest BCUT2D eigenvalue weighted by Gasteiger charge is 2.39. The Balaban J connectivity index is 1.36. The van der Waals surface area contributed by atoms with E-state index in [1.54, 1.807) is 0 Å². The Bertz CT molecular complexity index is 2760. The summed E-state index contributed by atoms with van der Waals surface area (Å²) >= 11 is 0. The molecule has 0 saturated heterocycles. The molecule has 0 aliphatic rings. The fourth-order valence-electron chi connectivity index (χ4n) is 6.03. The van der Waals surface area contributed by atoms with Gasteiger partial charge in [0.15, 0.2) is 69.8 Å². The molecular formula is C38H10BF17O3. The van der Waals surface area contributed by atoms with Crippen LogP contribution in [0.5, 0.6) is 17.2 Å². The number of rotatable bonds is 8. The molecule has 0 aliphatic heterocycles. The van der Waals surface area contributed by atoms with Gasteiger partial charge in [-0.25, -0.2) is 61.5 Å². The van der Waals surface area contributed by atoms with Crippen LogP contribution in [0.3, 0.4) is 0 Å². The number of fused-ring (bicyclic) bond motifs is 2. The molecule has 0 radical (unpaired) electrons. The molecule has 302 valence electrons. The third kappa shape index (κ3) is 6.53. The van der Waals surface area contributed by atoms with E-state index in [0.717, 1.165) is 12.1 Å². The van der Waals surface area contributed by atoms with Gasteiger partial charge in [-0.3, -0.25) is 0 Å². The van der Waals surface area contributed by atoms with Crippen molar-refractivity contribution >= 4 is 28.9 Å². The molecule has 0 N–H and O–H groups in total. The highest BCUT2D eigenvalue weighted by atomic mass is 19.2. The van der Waals surface area contributed by atoms with Gasteiger partial charge in [0.25, 0.3) is 0 Å². The second kappa shape index (κ2) is 14.9. The van der Waals surface area contributed by atoms with Crippen molar-refractivity contribution in [2.24, 2.45) is 0 Å². The summed E-state index contributed by atoms with van der Waals surface area (Å²) in [7, 11) is -3.20. The van der Waals surface area contributed by atoms with E-state index in [4.69, 9.17) is 14.0 Å². The molecule has 0 atom stereocenters. The van der Waals surface area contributed by atoms with Gasteiger partial charge in [0.05, 0.1) is 21.9 Å². The molecule has 21 heteroatoms. The minimum atomic E-state index is -3.20. The smallest absolute Gasteiger partial charge is 0.487 e. The Hall–Kier alpha value is -6.67. The molecule has 0 amide bonds. The summed E-state index contributed by atoms with van der Waals surface area (Å²) in [6.07, 6.45) is 0. The second-order valence-corrected chi connectivity index (χ2v) is 12.0. The molecule has 0 spiro atoms. The molecule has 0 saturated carbocycles. The standard InChI is InChI=1S/C38H10BF17O3/c40-13-5-1-3-11-21(13)31(49)37(55)33(51)23(11)25-16(43)9-19(29(47)35(25)53)58-39(57-18-8-7-15(42)27(45)28(18)46)59-20-10-17(44)26(36(54)30(20)48)24-12-4-2-6-14(41)22(12)32(50)38(56)34(24)52/h1-10H. The van der Waals surface area contributed by atoms with Gasteiger partial charge < -0.3 is 14.0 Å². The lowest BCUT2D eigenvalue weighted by Gasteiger charge is -2.20. The Morgan fingerprint density at radius 2 is 0.661 bits per heavy atom. The van der Waals surface area contributed by atoms with E-state index in [2.05, 4.69) is 0 Å². The van der Waals surface area contributed by atoms with Gasteiger partial charge in [0, 0.05) is 23.3 Å². The molecule has 3 nitrogen and oxygen atoms in total. The van der Waals surface area contributed by atoms with Crippen LogP contribution in [0.2, 0.25) is 0 Å². The number of hydrogen-bond donors (Lipinski definition) is 0. The Labute approximate surface area is 316 Å². The number of benzene rings is 7. The van der Waals surface area contributed by atoms with Crippen LogP contribution in [-0.4, -0.2) is 7.32 Å². The number of halogens is 17. The van der Waals surface area contributed by atoms with Gasteiger partial charge in [0.2, 0.25) is 5.82 Å². The molecule has 0 unspecified atom stereocenters. The van der Waals surface area contributed by atoms with Crippen LogP contribution < -0.4 is 14.0 Å². The maximum atomic E-state index is 15.6. The van der Waals surface area contributed by atoms with Crippen LogP contribution in [0.1, 0.15) is 0 Å². The fourth-order valence-corrected chi connectivity index (χ4v) is 6.03. The summed E-state index contributed by atoms with van der Waals surface area (Å²) in [5, 5.41) is -4.68. The Kier molecular flexibility index (Phi) is 10.3. The molecule has 0 aromatic heterocycles. The largest absolute Gasteiger partial charge is 0.864 e. The summed E-state index contributed by atoms with van der Waals surface area (Å²) in [6, 6.07) is 4.12. The second-order valence-electron chi connectivity index (χ2n) is 12.0. The predicted molar refractivity (Wildman–Crippen MR) is 172 cm³/mol. The quantitative estimate of drug-likeness (QED) is 0.0660. The van der Waals surface area contributed by atoms with Crippen molar-refractivity contribution in [2.45, 2.75) is 0 Å². The maximum absolute atomic E-state index is 15.6. The maximum Gasteiger partial charge on any atom is 0.864 e. The van der Waals surface area contributed by atoms with Crippen molar-refractivity contribution in [3.8, 4) is 39.5 Å². The van der Waals surface area contributed by atoms with E-state index >= 15 is 35.1 Å². The normalized spacial score (nSPS) is 11.5. The first-order valence-corrected chi connectivity index (χ1v) is 15.8. The first-order valence-electron chi connectivity index (χ1n) is 15.8. The van der Waals surface area contributed by atoms with E-state index in [-0.39, 0.29) is 24.3 Å². The zero-order valence-corrected chi connectivity index (χ0v) is 28.0. The van der Waals surface area contributed by atoms with E-state index in [0.29, 0.717) is 24.3 Å². The van der Waals surface area contributed by atoms with Crippen molar-refractivity contribution in [3.05, 3.63) is 160 Å². The van der Waals surface area contributed by atoms with E-state index < -0.39 is 167 Å². The SMILES string of the molecule is Fc1ccc(OB(Oc2cc(F)c(-c3c(F)c(F)c(F)c4c(F)cccc34)c(F)c2F)Oc2cc(F)c(-c3c(F)c(F)c(F)c4c(F)cccc34)c(F)c2F)c(F)c1F. The summed E-state index contributed by atoms with van der Waals surface area (Å²) in [5.74, 6) is -42.5. The zero-order chi connectivity index (χ0) is 42.9. The molecule has 7 rings (SSSR count). The highest BCUT2D eigenvalue weighted by Crippen LogP contribution is 2.43. The van der Waals surface area contributed by atoms with E-state index in [1.807, 2.05) is 0 Å². The first-order chi connectivity index (χ1) is 27.8. The zero-order valence-electron chi connectivity index (χ0n) is 28.0. The van der Waals surface area contributed by atoms with Gasteiger partial charge in [-0.15, -0.1) is 0 Å². The van der Waals surface area contributed by atoms with Crippen molar-refractivity contribution in [2.75, 3.05) is 0 Å². The lowest BCUT2D eigenvalue weighted by atomic mass is 9.95. The van der Waals surface area contributed by atoms with Crippen LogP contribution in [-0.2, 0) is 0 Å². The molecule has 7 aromatic carbocycles. The van der Waals surface area contributed by atoms with Crippen LogP contribution in [0.15, 0.2) is 60.7 Å². The van der Waals surface area contributed by atoms with E-state index in [9.17, 15) is 39.5 Å². The summed E-state index contributed by atoms with van der Waals surface area (Å²) < 4.78 is 267. The van der Waals surface area contributed by atoms with Crippen molar-refractivity contribution in [3.63, 3.8) is 0 Å². The van der Waals surface area contributed by atoms with Gasteiger partial charge in [0.1, 0.15) is 40.5 Å². The monoisotopic (exact) mass is 848 g/mol. The topological polar surface area (TPSA) is 27.7 Å². The summed E-state index contributed by atoms with van der Waals surface area (Å²) in [4.78, 5) is 0. The molecule has 0 bridgehead atoms. The van der Waals surface area contributed by atoms with Crippen molar-refractivity contribution < 1.29 is 88.6 Å². The summed E-state index contributed by atoms with van der Waals surface area (Å²) in [6.45, 7) is 0. The third-order valence-corrected chi connectivity index (χ3v) is 8.63. The van der Waals surface area contributed by atoms with Gasteiger partial charge in [-0.2, -0.15) is 13.2 Å². The predicted octanol–water partition coefficient (Wildman–Crippen LogP) is 12.2. The Morgan fingerprint density at radius 3 is 1.08 bits per heavy atom. The average Bonchev–Trinajstić information content (AvgIpc) is 3.19. The fraction of sp³-hybridized carbons (Fsp3) is 0. The highest BCUT2D eigenvalue weighted by molar-refractivity contribution is 6.39. The average molecular weight is 848 g/mol. The summed E-state index contributed by atoms with van der Waals surface area (Å²) in [5.41, 5.74) is -6.75. The lowest BCUT2D eigenvalue weighted by molar-refractivity contribution is 0.279. The van der Waals surface area contributed by atoms with E-state index in [1.165, 1.54) is 0 Å². The van der Waals surface area contributed by atoms with Gasteiger partial charge in [-0.1, -0.05) is 24.3 Å².